The summed E-state index contributed by atoms with van der Waals surface area (Å²) in [6, 6.07) is 1.26. The van der Waals surface area contributed by atoms with Crippen molar-refractivity contribution in [2.24, 2.45) is 23.2 Å². The number of rotatable bonds is 19. The molecule has 0 unspecified atom stereocenters. The largest absolute Gasteiger partial charge is 0.462 e. The van der Waals surface area contributed by atoms with Crippen molar-refractivity contribution >= 4 is 11.9 Å². The van der Waals surface area contributed by atoms with Crippen LogP contribution in [-0.4, -0.2) is 11.9 Å². The van der Waals surface area contributed by atoms with E-state index in [0.717, 1.165) is 44.9 Å². The van der Waals surface area contributed by atoms with Crippen molar-refractivity contribution in [1.82, 2.24) is 0 Å². The molecule has 0 atom stereocenters. The average Bonchev–Trinajstić information content (AvgIpc) is 2.94. The van der Waals surface area contributed by atoms with Crippen LogP contribution in [0.3, 0.4) is 0 Å². The molecule has 4 fully saturated rings. The summed E-state index contributed by atoms with van der Waals surface area (Å²) >= 11 is 0. The van der Waals surface area contributed by atoms with E-state index in [-0.39, 0.29) is 30.1 Å². The second-order valence-corrected chi connectivity index (χ2v) is 13.2. The number of hydrogen-bond donors (Lipinski definition) is 0. The Morgan fingerprint density at radius 1 is 0.854 bits per heavy atom. The molecule has 4 bridgehead atoms. The van der Waals surface area contributed by atoms with E-state index < -0.39 is 10.8 Å². The summed E-state index contributed by atoms with van der Waals surface area (Å²) in [7, 11) is 0. The number of carbonyl (C=O) groups excluding carboxylic acids is 2. The minimum atomic E-state index is -0.431. The summed E-state index contributed by atoms with van der Waals surface area (Å²) < 4.78 is 16.4. The Labute approximate surface area is 246 Å². The van der Waals surface area contributed by atoms with E-state index >= 15 is 0 Å². The van der Waals surface area contributed by atoms with E-state index in [4.69, 9.17) is 13.9 Å². The van der Waals surface area contributed by atoms with E-state index in [9.17, 15) is 14.4 Å². The molecule has 4 saturated carbocycles. The topological polar surface area (TPSA) is 82.8 Å². The SMILES string of the molecule is CCCCCCCC/C=C/CCCCCCCC(=O)OCc1cc(=O)c(OC(=O)C23CC4CC(CC(C4)C2)C3)co1. The first-order chi connectivity index (χ1) is 20.0. The van der Waals surface area contributed by atoms with E-state index in [1.807, 2.05) is 0 Å². The van der Waals surface area contributed by atoms with E-state index in [1.165, 1.54) is 89.4 Å². The lowest BCUT2D eigenvalue weighted by molar-refractivity contribution is -0.161. The van der Waals surface area contributed by atoms with Crippen LogP contribution < -0.4 is 10.2 Å². The molecule has 0 radical (unpaired) electrons. The highest BCUT2D eigenvalue weighted by Crippen LogP contribution is 2.60. The lowest BCUT2D eigenvalue weighted by Gasteiger charge is -2.55. The third-order valence-corrected chi connectivity index (χ3v) is 9.54. The predicted octanol–water partition coefficient (Wildman–Crippen LogP) is 8.84. The Hall–Kier alpha value is -2.37. The number of unbranched alkanes of at least 4 members (excludes halogenated alkanes) is 11. The van der Waals surface area contributed by atoms with Gasteiger partial charge in [0.05, 0.1) is 5.41 Å². The van der Waals surface area contributed by atoms with Gasteiger partial charge in [0.15, 0.2) is 0 Å². The fourth-order valence-corrected chi connectivity index (χ4v) is 7.72. The van der Waals surface area contributed by atoms with E-state index in [2.05, 4.69) is 19.1 Å². The maximum Gasteiger partial charge on any atom is 0.317 e. The first kappa shape index (κ1) is 31.6. The van der Waals surface area contributed by atoms with Crippen LogP contribution in [0.25, 0.3) is 0 Å². The van der Waals surface area contributed by atoms with Gasteiger partial charge in [-0.3, -0.25) is 14.4 Å². The van der Waals surface area contributed by atoms with Crippen LogP contribution in [0, 0.1) is 23.2 Å². The zero-order chi connectivity index (χ0) is 28.9. The van der Waals surface area contributed by atoms with Crippen LogP contribution >= 0.6 is 0 Å². The molecular formula is C35H52O6. The number of ether oxygens (including phenoxy) is 2. The van der Waals surface area contributed by atoms with Crippen molar-refractivity contribution in [3.05, 3.63) is 40.5 Å². The van der Waals surface area contributed by atoms with Gasteiger partial charge >= 0.3 is 11.9 Å². The summed E-state index contributed by atoms with van der Waals surface area (Å²) in [5, 5.41) is 0. The van der Waals surface area contributed by atoms with Crippen molar-refractivity contribution in [1.29, 1.82) is 0 Å². The Morgan fingerprint density at radius 3 is 2.00 bits per heavy atom. The van der Waals surface area contributed by atoms with Gasteiger partial charge in [-0.15, -0.1) is 0 Å². The minimum Gasteiger partial charge on any atom is -0.462 e. The molecule has 1 aromatic rings. The highest BCUT2D eigenvalue weighted by atomic mass is 16.6. The van der Waals surface area contributed by atoms with Crippen molar-refractivity contribution in [2.45, 2.75) is 142 Å². The van der Waals surface area contributed by atoms with Gasteiger partial charge < -0.3 is 13.9 Å². The van der Waals surface area contributed by atoms with Gasteiger partial charge in [0.2, 0.25) is 11.2 Å². The monoisotopic (exact) mass is 568 g/mol. The maximum absolute atomic E-state index is 13.1. The summed E-state index contributed by atoms with van der Waals surface area (Å²) in [5.74, 6) is 1.47. The Kier molecular flexibility index (Phi) is 12.6. The molecule has 1 heterocycles. The van der Waals surface area contributed by atoms with Gasteiger partial charge in [0.1, 0.15) is 18.6 Å². The fourth-order valence-electron chi connectivity index (χ4n) is 7.72. The van der Waals surface area contributed by atoms with Crippen molar-refractivity contribution < 1.29 is 23.5 Å². The molecule has 6 heteroatoms. The highest BCUT2D eigenvalue weighted by Gasteiger charge is 2.55. The van der Waals surface area contributed by atoms with Crippen molar-refractivity contribution in [3.8, 4) is 5.75 Å². The summed E-state index contributed by atoms with van der Waals surface area (Å²) in [6.07, 6.45) is 28.3. The van der Waals surface area contributed by atoms with Gasteiger partial charge in [-0.25, -0.2) is 0 Å². The highest BCUT2D eigenvalue weighted by molar-refractivity contribution is 5.79. The number of allylic oxidation sites excluding steroid dienone is 2. The standard InChI is InChI=1S/C35H52O6/c1-2-3-4-5-6-7-8-9-10-11-12-13-14-15-16-17-33(37)40-25-30-21-31(36)32(26-39-30)41-34(38)35-22-27-18-28(23-35)20-29(19-27)24-35/h9-10,21,26-29H,2-8,11-20,22-25H2,1H3/b10-9+. The predicted molar refractivity (Wildman–Crippen MR) is 160 cm³/mol. The van der Waals surface area contributed by atoms with Crippen LogP contribution in [-0.2, 0) is 20.9 Å². The Balaban J connectivity index is 1.04. The lowest BCUT2D eigenvalue weighted by atomic mass is 9.49. The van der Waals surface area contributed by atoms with E-state index in [0.29, 0.717) is 24.2 Å². The van der Waals surface area contributed by atoms with Crippen LogP contribution in [0.1, 0.15) is 141 Å². The number of carbonyl (C=O) groups is 2. The molecule has 0 aliphatic heterocycles. The summed E-state index contributed by atoms with van der Waals surface area (Å²) in [5.41, 5.74) is -0.850. The summed E-state index contributed by atoms with van der Waals surface area (Å²) in [6.45, 7) is 2.16. The molecule has 0 spiro atoms. The second kappa shape index (κ2) is 16.3. The van der Waals surface area contributed by atoms with Crippen molar-refractivity contribution in [2.75, 3.05) is 0 Å². The molecule has 0 N–H and O–H groups in total. The van der Waals surface area contributed by atoms with Gasteiger partial charge in [0, 0.05) is 12.5 Å². The minimum absolute atomic E-state index is 0.0749. The quantitative estimate of drug-likeness (QED) is 0.0942. The Bertz CT molecular complexity index is 1020. The second-order valence-electron chi connectivity index (χ2n) is 13.2. The molecule has 228 valence electrons. The van der Waals surface area contributed by atoms with Crippen LogP contribution in [0.4, 0.5) is 0 Å². The third kappa shape index (κ3) is 9.85. The molecule has 6 nitrogen and oxygen atoms in total. The van der Waals surface area contributed by atoms with Gasteiger partial charge in [-0.1, -0.05) is 70.4 Å². The maximum atomic E-state index is 13.1. The molecule has 4 aliphatic rings. The summed E-state index contributed by atoms with van der Waals surface area (Å²) in [4.78, 5) is 37.9. The first-order valence-corrected chi connectivity index (χ1v) is 16.6. The van der Waals surface area contributed by atoms with Crippen LogP contribution in [0.2, 0.25) is 0 Å². The van der Waals surface area contributed by atoms with Crippen LogP contribution in [0.15, 0.2) is 33.7 Å². The fraction of sp³-hybridized carbons (Fsp3) is 0.743. The molecule has 5 rings (SSSR count). The van der Waals surface area contributed by atoms with Crippen LogP contribution in [0.5, 0.6) is 5.75 Å². The zero-order valence-corrected chi connectivity index (χ0v) is 25.3. The first-order valence-electron chi connectivity index (χ1n) is 16.6. The molecule has 0 amide bonds. The average molecular weight is 569 g/mol. The lowest BCUT2D eigenvalue weighted by Crippen LogP contribution is -2.51. The molecule has 1 aromatic heterocycles. The third-order valence-electron chi connectivity index (χ3n) is 9.54. The van der Waals surface area contributed by atoms with Gasteiger partial charge in [0.25, 0.3) is 0 Å². The smallest absolute Gasteiger partial charge is 0.317 e. The molecule has 0 saturated heterocycles. The number of esters is 2. The zero-order valence-electron chi connectivity index (χ0n) is 25.3. The molecular weight excluding hydrogens is 516 g/mol. The Morgan fingerprint density at radius 2 is 1.41 bits per heavy atom. The molecule has 0 aromatic carbocycles. The molecule has 4 aliphatic carbocycles. The van der Waals surface area contributed by atoms with Crippen molar-refractivity contribution in [3.63, 3.8) is 0 Å². The normalized spacial score (nSPS) is 24.7. The van der Waals surface area contributed by atoms with E-state index in [1.54, 1.807) is 0 Å². The van der Waals surface area contributed by atoms with Gasteiger partial charge in [-0.2, -0.15) is 0 Å². The van der Waals surface area contributed by atoms with Gasteiger partial charge in [-0.05, 0) is 88.4 Å². The molecule has 41 heavy (non-hydrogen) atoms. The number of hydrogen-bond acceptors (Lipinski definition) is 6.